The maximum Gasteiger partial charge on any atom is 0.308 e. The Kier molecular flexibility index (Phi) is 9.64. The van der Waals surface area contributed by atoms with Crippen LogP contribution in [-0.2, 0) is 17.8 Å². The van der Waals surface area contributed by atoms with Crippen LogP contribution in [0.4, 0.5) is 0 Å². The van der Waals surface area contributed by atoms with Crippen molar-refractivity contribution in [1.29, 1.82) is 0 Å². The fourth-order valence-electron chi connectivity index (χ4n) is 3.18. The third-order valence-electron chi connectivity index (χ3n) is 4.77. The third kappa shape index (κ3) is 7.85. The molecule has 1 atom stereocenters. The van der Waals surface area contributed by atoms with Gasteiger partial charge in [-0.25, -0.2) is 0 Å². The summed E-state index contributed by atoms with van der Waals surface area (Å²) in [5, 5.41) is 32.2. The van der Waals surface area contributed by atoms with Gasteiger partial charge in [0.15, 0.2) is 0 Å². The molecular weight excluding hydrogens is 370 g/mol. The zero-order chi connectivity index (χ0) is 21.1. The number of hydrogen-bond donors (Lipinski definition) is 4. The minimum atomic E-state index is -0.682. The number of carbonyl (C=O) groups excluding carboxylic acids is 1. The van der Waals surface area contributed by atoms with Gasteiger partial charge in [0.05, 0.1) is 12.7 Å². The number of rotatable bonds is 12. The normalized spacial score (nSPS) is 12.0. The first-order chi connectivity index (χ1) is 14.0. The molecule has 158 valence electrons. The topological polar surface area (TPSA) is 99.0 Å². The molecule has 1 unspecified atom stereocenters. The molecule has 0 aromatic heterocycles. The second-order valence-electron chi connectivity index (χ2n) is 7.13. The number of hydrogen-bond acceptors (Lipinski definition) is 6. The van der Waals surface area contributed by atoms with Gasteiger partial charge in [0, 0.05) is 19.0 Å². The molecule has 0 aliphatic carbocycles. The fourth-order valence-corrected chi connectivity index (χ4v) is 3.18. The molecule has 6 nitrogen and oxygen atoms in total. The van der Waals surface area contributed by atoms with Crippen molar-refractivity contribution in [3.05, 3.63) is 59.2 Å². The maximum atomic E-state index is 11.2. The highest BCUT2D eigenvalue weighted by Crippen LogP contribution is 2.22. The Bertz CT molecular complexity index is 778. The Morgan fingerprint density at radius 3 is 2.59 bits per heavy atom. The first-order valence-electron chi connectivity index (χ1n) is 10.1. The van der Waals surface area contributed by atoms with E-state index >= 15 is 0 Å². The fraction of sp³-hybridized carbons (Fsp3) is 0.435. The average Bonchev–Trinajstić information content (AvgIpc) is 2.70. The van der Waals surface area contributed by atoms with Crippen LogP contribution >= 0.6 is 0 Å². The zero-order valence-corrected chi connectivity index (χ0v) is 16.9. The minimum Gasteiger partial charge on any atom is -0.508 e. The van der Waals surface area contributed by atoms with Gasteiger partial charge in [0.25, 0.3) is 0 Å². The summed E-state index contributed by atoms with van der Waals surface area (Å²) in [6.45, 7) is 2.39. The molecule has 0 saturated heterocycles. The van der Waals surface area contributed by atoms with Gasteiger partial charge < -0.3 is 25.4 Å². The number of aliphatic hydroxyl groups is 2. The minimum absolute atomic E-state index is 0.0342. The monoisotopic (exact) mass is 401 g/mol. The van der Waals surface area contributed by atoms with Crippen LogP contribution in [0, 0.1) is 0 Å². The largest absolute Gasteiger partial charge is 0.508 e. The summed E-state index contributed by atoms with van der Waals surface area (Å²) in [7, 11) is 0. The Hall–Kier alpha value is -2.41. The second kappa shape index (κ2) is 12.2. The van der Waals surface area contributed by atoms with E-state index in [0.29, 0.717) is 23.4 Å². The van der Waals surface area contributed by atoms with Crippen LogP contribution in [-0.4, -0.2) is 34.4 Å². The van der Waals surface area contributed by atoms with Crippen molar-refractivity contribution in [3.8, 4) is 11.5 Å². The smallest absolute Gasteiger partial charge is 0.308 e. The molecule has 0 bridgehead atoms. The predicted molar refractivity (Wildman–Crippen MR) is 112 cm³/mol. The number of unbranched alkanes of at least 4 members (excludes halogenated alkanes) is 3. The van der Waals surface area contributed by atoms with Crippen LogP contribution in [0.15, 0.2) is 42.5 Å². The summed E-state index contributed by atoms with van der Waals surface area (Å²) in [5.74, 6) is 0.381. The Morgan fingerprint density at radius 2 is 1.83 bits per heavy atom. The number of nitrogens with one attached hydrogen (secondary N) is 1. The Labute approximate surface area is 172 Å². The van der Waals surface area contributed by atoms with E-state index < -0.39 is 6.10 Å². The molecule has 0 radical (unpaired) electrons. The van der Waals surface area contributed by atoms with Gasteiger partial charge in [-0.1, -0.05) is 37.1 Å². The highest BCUT2D eigenvalue weighted by Gasteiger charge is 2.10. The molecule has 0 aliphatic heterocycles. The van der Waals surface area contributed by atoms with Crippen LogP contribution < -0.4 is 10.1 Å². The number of ether oxygens (including phenoxy) is 1. The van der Waals surface area contributed by atoms with Crippen LogP contribution in [0.2, 0.25) is 0 Å². The summed E-state index contributed by atoms with van der Waals surface area (Å²) < 4.78 is 5.24. The standard InChI is InChI=1S/C23H31NO5/c1-17(26)29-23-10-6-5-9-18(23)8-4-2-3-7-13-24-15-22(28)19-11-12-21(27)20(14-19)16-25/h5-6,9-12,14,22,24-25,27-28H,2-4,7-8,13,15-16H2,1H3. The second-order valence-corrected chi connectivity index (χ2v) is 7.13. The van der Waals surface area contributed by atoms with Crippen molar-refractivity contribution in [2.45, 2.75) is 51.7 Å². The third-order valence-corrected chi connectivity index (χ3v) is 4.77. The first-order valence-corrected chi connectivity index (χ1v) is 10.1. The van der Waals surface area contributed by atoms with Crippen LogP contribution in [0.3, 0.4) is 0 Å². The van der Waals surface area contributed by atoms with Gasteiger partial charge in [0.2, 0.25) is 0 Å². The lowest BCUT2D eigenvalue weighted by atomic mass is 10.0. The lowest BCUT2D eigenvalue weighted by molar-refractivity contribution is -0.131. The molecule has 2 aromatic carbocycles. The number of aliphatic hydroxyl groups excluding tert-OH is 2. The molecule has 0 amide bonds. The number of aryl methyl sites for hydroxylation is 1. The van der Waals surface area contributed by atoms with Crippen molar-refractivity contribution < 1.29 is 24.9 Å². The summed E-state index contributed by atoms with van der Waals surface area (Å²) in [5.41, 5.74) is 2.14. The van der Waals surface area contributed by atoms with Crippen molar-refractivity contribution >= 4 is 5.97 Å². The van der Waals surface area contributed by atoms with Gasteiger partial charge in [-0.15, -0.1) is 0 Å². The number of aromatic hydroxyl groups is 1. The summed E-state index contributed by atoms with van der Waals surface area (Å²) >= 11 is 0. The molecule has 2 rings (SSSR count). The van der Waals surface area contributed by atoms with Gasteiger partial charge in [0.1, 0.15) is 11.5 Å². The van der Waals surface area contributed by atoms with Crippen LogP contribution in [0.5, 0.6) is 11.5 Å². The Balaban J connectivity index is 1.60. The number of esters is 1. The van der Waals surface area contributed by atoms with E-state index in [-0.39, 0.29) is 18.3 Å². The number of para-hydroxylation sites is 1. The molecule has 29 heavy (non-hydrogen) atoms. The maximum absolute atomic E-state index is 11.2. The van der Waals surface area contributed by atoms with Crippen molar-refractivity contribution in [2.75, 3.05) is 13.1 Å². The summed E-state index contributed by atoms with van der Waals surface area (Å²) in [6.07, 6.45) is 4.39. The quantitative estimate of drug-likeness (QED) is 0.248. The van der Waals surface area contributed by atoms with Gasteiger partial charge >= 0.3 is 5.97 Å². The van der Waals surface area contributed by atoms with E-state index in [4.69, 9.17) is 4.74 Å². The van der Waals surface area contributed by atoms with Gasteiger partial charge in [-0.05, 0) is 55.1 Å². The van der Waals surface area contributed by atoms with E-state index in [2.05, 4.69) is 5.32 Å². The first kappa shape index (κ1) is 22.9. The molecule has 0 saturated carbocycles. The van der Waals surface area contributed by atoms with Crippen molar-refractivity contribution in [1.82, 2.24) is 5.32 Å². The molecular formula is C23H31NO5. The number of benzene rings is 2. The Morgan fingerprint density at radius 1 is 1.07 bits per heavy atom. The molecule has 0 fully saturated rings. The van der Waals surface area contributed by atoms with Crippen molar-refractivity contribution in [2.24, 2.45) is 0 Å². The van der Waals surface area contributed by atoms with E-state index in [9.17, 15) is 20.1 Å². The van der Waals surface area contributed by atoms with Crippen LogP contribution in [0.1, 0.15) is 55.4 Å². The molecule has 2 aromatic rings. The molecule has 0 spiro atoms. The SMILES string of the molecule is CC(=O)Oc1ccccc1CCCCCCNCC(O)c1ccc(O)c(CO)c1. The number of carbonyl (C=O) groups is 1. The predicted octanol–water partition coefficient (Wildman–Crippen LogP) is 3.24. The van der Waals surface area contributed by atoms with Gasteiger partial charge in [-0.3, -0.25) is 4.79 Å². The molecule has 0 heterocycles. The molecule has 6 heteroatoms. The van der Waals surface area contributed by atoms with Crippen LogP contribution in [0.25, 0.3) is 0 Å². The van der Waals surface area contributed by atoms with E-state index in [1.54, 1.807) is 12.1 Å². The lowest BCUT2D eigenvalue weighted by Crippen LogP contribution is -2.22. The highest BCUT2D eigenvalue weighted by molar-refractivity contribution is 5.69. The number of phenols is 1. The lowest BCUT2D eigenvalue weighted by Gasteiger charge is -2.14. The van der Waals surface area contributed by atoms with Crippen molar-refractivity contribution in [3.63, 3.8) is 0 Å². The average molecular weight is 402 g/mol. The van der Waals surface area contributed by atoms with E-state index in [0.717, 1.165) is 44.2 Å². The molecule has 0 aliphatic rings. The molecule has 4 N–H and O–H groups in total. The summed E-state index contributed by atoms with van der Waals surface area (Å²) in [4.78, 5) is 11.2. The highest BCUT2D eigenvalue weighted by atomic mass is 16.5. The van der Waals surface area contributed by atoms with Gasteiger partial charge in [-0.2, -0.15) is 0 Å². The van der Waals surface area contributed by atoms with E-state index in [1.165, 1.54) is 13.0 Å². The zero-order valence-electron chi connectivity index (χ0n) is 16.9. The van der Waals surface area contributed by atoms with E-state index in [1.807, 2.05) is 24.3 Å². The summed E-state index contributed by atoms with van der Waals surface area (Å²) in [6, 6.07) is 12.4.